The first-order valence-electron chi connectivity index (χ1n) is 7.50. The van der Waals surface area contributed by atoms with Gasteiger partial charge in [0, 0.05) is 5.56 Å². The lowest BCUT2D eigenvalue weighted by molar-refractivity contribution is 0.292. The van der Waals surface area contributed by atoms with E-state index >= 15 is 0 Å². The summed E-state index contributed by atoms with van der Waals surface area (Å²) in [4.78, 5) is 8.53. The van der Waals surface area contributed by atoms with Gasteiger partial charge in [0.25, 0.3) is 0 Å². The molecular formula is C17H21FN2O. The minimum atomic E-state index is -0.255. The molecule has 3 nitrogen and oxygen atoms in total. The number of rotatable bonds is 8. The molecular weight excluding hydrogens is 267 g/mol. The van der Waals surface area contributed by atoms with E-state index < -0.39 is 0 Å². The molecule has 0 atom stereocenters. The lowest BCUT2D eigenvalue weighted by Gasteiger charge is -2.05. The summed E-state index contributed by atoms with van der Waals surface area (Å²) in [6, 6.07) is 6.21. The van der Waals surface area contributed by atoms with Crippen LogP contribution in [0.4, 0.5) is 4.39 Å². The summed E-state index contributed by atoms with van der Waals surface area (Å²) in [5, 5.41) is 0. The molecule has 0 bridgehead atoms. The van der Waals surface area contributed by atoms with Crippen molar-refractivity contribution in [1.29, 1.82) is 0 Å². The average molecular weight is 288 g/mol. The van der Waals surface area contributed by atoms with Crippen LogP contribution < -0.4 is 4.74 Å². The van der Waals surface area contributed by atoms with Crippen molar-refractivity contribution in [1.82, 2.24) is 9.97 Å². The molecule has 0 aliphatic heterocycles. The Kier molecular flexibility index (Phi) is 6.13. The van der Waals surface area contributed by atoms with Gasteiger partial charge < -0.3 is 4.74 Å². The number of halogens is 1. The zero-order valence-corrected chi connectivity index (χ0v) is 12.4. The predicted molar refractivity (Wildman–Crippen MR) is 81.7 cm³/mol. The first-order valence-corrected chi connectivity index (χ1v) is 7.50. The van der Waals surface area contributed by atoms with Crippen molar-refractivity contribution in [2.45, 2.75) is 39.0 Å². The third kappa shape index (κ3) is 5.14. The van der Waals surface area contributed by atoms with Crippen LogP contribution in [0.15, 0.2) is 36.7 Å². The Balaban J connectivity index is 1.80. The van der Waals surface area contributed by atoms with E-state index in [0.29, 0.717) is 18.2 Å². The van der Waals surface area contributed by atoms with Crippen molar-refractivity contribution >= 4 is 0 Å². The Hall–Kier alpha value is -1.97. The van der Waals surface area contributed by atoms with Crippen LogP contribution in [-0.4, -0.2) is 16.6 Å². The molecule has 0 fully saturated rings. The van der Waals surface area contributed by atoms with Gasteiger partial charge in [0.05, 0.1) is 24.7 Å². The van der Waals surface area contributed by atoms with Gasteiger partial charge in [0.2, 0.25) is 5.88 Å². The number of ether oxygens (including phenoxy) is 1. The van der Waals surface area contributed by atoms with Gasteiger partial charge in [-0.3, -0.25) is 0 Å². The van der Waals surface area contributed by atoms with E-state index in [1.54, 1.807) is 24.5 Å². The van der Waals surface area contributed by atoms with E-state index in [0.717, 1.165) is 12.0 Å². The second kappa shape index (κ2) is 8.35. The van der Waals surface area contributed by atoms with Crippen LogP contribution in [-0.2, 0) is 0 Å². The van der Waals surface area contributed by atoms with Crippen LogP contribution in [0.5, 0.6) is 5.88 Å². The monoisotopic (exact) mass is 288 g/mol. The van der Waals surface area contributed by atoms with E-state index in [9.17, 15) is 4.39 Å². The minimum absolute atomic E-state index is 0.255. The van der Waals surface area contributed by atoms with Gasteiger partial charge in [-0.05, 0) is 30.7 Å². The quantitative estimate of drug-likeness (QED) is 0.664. The Bertz CT molecular complexity index is 525. The molecule has 4 heteroatoms. The second-order valence-electron chi connectivity index (χ2n) is 5.01. The molecule has 0 spiro atoms. The molecule has 21 heavy (non-hydrogen) atoms. The lowest BCUT2D eigenvalue weighted by Crippen LogP contribution is -2.00. The zero-order chi connectivity index (χ0) is 14.9. The van der Waals surface area contributed by atoms with Crippen LogP contribution in [0.2, 0.25) is 0 Å². The molecule has 2 aromatic rings. The predicted octanol–water partition coefficient (Wildman–Crippen LogP) is 4.63. The molecule has 1 heterocycles. The fraction of sp³-hybridized carbons (Fsp3) is 0.412. The summed E-state index contributed by atoms with van der Waals surface area (Å²) in [5.74, 6) is 0.283. The summed E-state index contributed by atoms with van der Waals surface area (Å²) in [6.45, 7) is 2.88. The van der Waals surface area contributed by atoms with Crippen LogP contribution in [0.3, 0.4) is 0 Å². The van der Waals surface area contributed by atoms with Crippen LogP contribution in [0.1, 0.15) is 39.0 Å². The van der Waals surface area contributed by atoms with Gasteiger partial charge in [0.1, 0.15) is 5.82 Å². The summed E-state index contributed by atoms with van der Waals surface area (Å²) < 4.78 is 18.4. The molecule has 0 N–H and O–H groups in total. The fourth-order valence-corrected chi connectivity index (χ4v) is 2.04. The summed E-state index contributed by atoms with van der Waals surface area (Å²) in [6.07, 6.45) is 9.29. The highest BCUT2D eigenvalue weighted by Crippen LogP contribution is 2.17. The largest absolute Gasteiger partial charge is 0.477 e. The highest BCUT2D eigenvalue weighted by atomic mass is 19.1. The third-order valence-electron chi connectivity index (χ3n) is 3.27. The molecule has 0 saturated heterocycles. The van der Waals surface area contributed by atoms with Crippen molar-refractivity contribution < 1.29 is 9.13 Å². The molecule has 0 aliphatic carbocycles. The van der Waals surface area contributed by atoms with Crippen molar-refractivity contribution in [3.63, 3.8) is 0 Å². The molecule has 0 unspecified atom stereocenters. The average Bonchev–Trinajstić information content (AvgIpc) is 2.52. The maximum Gasteiger partial charge on any atom is 0.232 e. The second-order valence-corrected chi connectivity index (χ2v) is 5.01. The standard InChI is InChI=1S/C17H21FN2O/c1-2-3-4-5-6-11-21-17-13-19-16(12-20-17)14-7-9-15(18)10-8-14/h7-10,12-13H,2-6,11H2,1H3. The highest BCUT2D eigenvalue weighted by molar-refractivity contribution is 5.57. The Morgan fingerprint density at radius 3 is 2.38 bits per heavy atom. The van der Waals surface area contributed by atoms with Gasteiger partial charge in [-0.25, -0.2) is 14.4 Å². The SMILES string of the molecule is CCCCCCCOc1cnc(-c2ccc(F)cc2)cn1. The smallest absolute Gasteiger partial charge is 0.232 e. The number of hydrogen-bond donors (Lipinski definition) is 0. The van der Waals surface area contributed by atoms with E-state index in [4.69, 9.17) is 4.74 Å². The molecule has 2 rings (SSSR count). The molecule has 1 aromatic heterocycles. The van der Waals surface area contributed by atoms with Crippen molar-refractivity contribution in [3.8, 4) is 17.1 Å². The number of aromatic nitrogens is 2. The Labute approximate surface area is 125 Å². The van der Waals surface area contributed by atoms with Crippen LogP contribution in [0.25, 0.3) is 11.3 Å². The van der Waals surface area contributed by atoms with Gasteiger partial charge in [-0.15, -0.1) is 0 Å². The van der Waals surface area contributed by atoms with E-state index in [2.05, 4.69) is 16.9 Å². The van der Waals surface area contributed by atoms with Crippen LogP contribution in [0, 0.1) is 5.82 Å². The number of hydrogen-bond acceptors (Lipinski definition) is 3. The molecule has 112 valence electrons. The van der Waals surface area contributed by atoms with Gasteiger partial charge in [-0.2, -0.15) is 0 Å². The van der Waals surface area contributed by atoms with E-state index in [-0.39, 0.29) is 5.82 Å². The Morgan fingerprint density at radius 1 is 0.952 bits per heavy atom. The summed E-state index contributed by atoms with van der Waals surface area (Å²) >= 11 is 0. The first kappa shape index (κ1) is 15.4. The van der Waals surface area contributed by atoms with Crippen molar-refractivity contribution in [2.75, 3.05) is 6.61 Å². The lowest BCUT2D eigenvalue weighted by atomic mass is 10.1. The van der Waals surface area contributed by atoms with Crippen molar-refractivity contribution in [2.24, 2.45) is 0 Å². The molecule has 0 saturated carbocycles. The third-order valence-corrected chi connectivity index (χ3v) is 3.27. The summed E-state index contributed by atoms with van der Waals surface area (Å²) in [7, 11) is 0. The topological polar surface area (TPSA) is 35.0 Å². The normalized spacial score (nSPS) is 10.6. The van der Waals surface area contributed by atoms with E-state index in [1.807, 2.05) is 0 Å². The van der Waals surface area contributed by atoms with E-state index in [1.165, 1.54) is 37.8 Å². The fourth-order valence-electron chi connectivity index (χ4n) is 2.04. The maximum absolute atomic E-state index is 12.9. The van der Waals surface area contributed by atoms with Gasteiger partial charge in [0.15, 0.2) is 0 Å². The Morgan fingerprint density at radius 2 is 1.71 bits per heavy atom. The van der Waals surface area contributed by atoms with Crippen LogP contribution >= 0.6 is 0 Å². The molecule has 0 radical (unpaired) electrons. The van der Waals surface area contributed by atoms with Gasteiger partial charge >= 0.3 is 0 Å². The highest BCUT2D eigenvalue weighted by Gasteiger charge is 2.02. The molecule has 0 aliphatic rings. The zero-order valence-electron chi connectivity index (χ0n) is 12.4. The first-order chi connectivity index (χ1) is 10.3. The molecule has 0 amide bonds. The number of nitrogens with zero attached hydrogens (tertiary/aromatic N) is 2. The van der Waals surface area contributed by atoms with Gasteiger partial charge in [-0.1, -0.05) is 32.6 Å². The van der Waals surface area contributed by atoms with Crippen molar-refractivity contribution in [3.05, 3.63) is 42.5 Å². The number of benzene rings is 1. The molecule has 1 aromatic carbocycles. The number of unbranched alkanes of at least 4 members (excludes halogenated alkanes) is 4. The maximum atomic E-state index is 12.9. The summed E-state index contributed by atoms with van der Waals surface area (Å²) in [5.41, 5.74) is 1.56. The minimum Gasteiger partial charge on any atom is -0.477 e.